The van der Waals surface area contributed by atoms with Crippen LogP contribution in [0.25, 0.3) is 0 Å². The van der Waals surface area contributed by atoms with Gasteiger partial charge in [0.1, 0.15) is 5.75 Å². The zero-order chi connectivity index (χ0) is 18.8. The molecule has 4 heteroatoms. The van der Waals surface area contributed by atoms with Gasteiger partial charge in [-0.15, -0.1) is 13.2 Å². The Hall–Kier alpha value is -1.89. The first-order valence-corrected chi connectivity index (χ1v) is 9.50. The third-order valence-corrected chi connectivity index (χ3v) is 4.86. The third kappa shape index (κ3) is 7.99. The van der Waals surface area contributed by atoms with E-state index >= 15 is 0 Å². The number of rotatable bonds is 6. The third-order valence-electron chi connectivity index (χ3n) is 4.86. The van der Waals surface area contributed by atoms with Crippen molar-refractivity contribution in [1.82, 2.24) is 0 Å². The second-order valence-corrected chi connectivity index (χ2v) is 6.98. The Balaban J connectivity index is 1.74. The lowest BCUT2D eigenvalue weighted by molar-refractivity contribution is -0.274. The molecule has 1 aromatic carbocycles. The van der Waals surface area contributed by atoms with Crippen LogP contribution in [0.3, 0.4) is 0 Å². The molecule has 1 aromatic rings. The summed E-state index contributed by atoms with van der Waals surface area (Å²) in [6.07, 6.45) is 9.85. The van der Waals surface area contributed by atoms with Crippen molar-refractivity contribution in [3.63, 3.8) is 0 Å². The number of ether oxygens (including phenoxy) is 1. The summed E-state index contributed by atoms with van der Waals surface area (Å²) in [5.74, 6) is 7.20. The highest BCUT2D eigenvalue weighted by molar-refractivity contribution is 5.40. The van der Waals surface area contributed by atoms with Crippen LogP contribution >= 0.6 is 0 Å². The summed E-state index contributed by atoms with van der Waals surface area (Å²) in [4.78, 5) is 0. The zero-order valence-electron chi connectivity index (χ0n) is 15.3. The Kier molecular flexibility index (Phi) is 8.09. The van der Waals surface area contributed by atoms with Crippen molar-refractivity contribution in [2.24, 2.45) is 11.8 Å². The number of alkyl halides is 3. The minimum atomic E-state index is -4.66. The van der Waals surface area contributed by atoms with Gasteiger partial charge in [-0.05, 0) is 67.9 Å². The van der Waals surface area contributed by atoms with E-state index in [1.54, 1.807) is 0 Å². The Morgan fingerprint density at radius 2 is 1.77 bits per heavy atom. The molecule has 0 aliphatic heterocycles. The number of hydrogen-bond donors (Lipinski definition) is 0. The van der Waals surface area contributed by atoms with Crippen LogP contribution in [0.1, 0.15) is 63.9 Å². The van der Waals surface area contributed by atoms with Crippen LogP contribution in [0.4, 0.5) is 13.2 Å². The highest BCUT2D eigenvalue weighted by Crippen LogP contribution is 2.32. The largest absolute Gasteiger partial charge is 0.573 e. The fourth-order valence-electron chi connectivity index (χ4n) is 3.40. The molecular weight excluding hydrogens is 337 g/mol. The molecule has 2 rings (SSSR count). The molecule has 0 aromatic heterocycles. The maximum atomic E-state index is 12.1. The summed E-state index contributed by atoms with van der Waals surface area (Å²) in [5.41, 5.74) is 0.670. The molecule has 0 amide bonds. The number of hydrogen-bond acceptors (Lipinski definition) is 1. The van der Waals surface area contributed by atoms with E-state index in [9.17, 15) is 13.2 Å². The zero-order valence-corrected chi connectivity index (χ0v) is 15.3. The van der Waals surface area contributed by atoms with Gasteiger partial charge in [0, 0.05) is 5.56 Å². The number of allylic oxidation sites excluding steroid dienone is 2. The van der Waals surface area contributed by atoms with Crippen molar-refractivity contribution in [3.05, 3.63) is 42.0 Å². The van der Waals surface area contributed by atoms with Gasteiger partial charge in [-0.2, -0.15) is 0 Å². The fraction of sp³-hybridized carbons (Fsp3) is 0.545. The first-order chi connectivity index (χ1) is 12.5. The summed E-state index contributed by atoms with van der Waals surface area (Å²) in [6, 6.07) is 5.62. The fourth-order valence-corrected chi connectivity index (χ4v) is 3.40. The lowest BCUT2D eigenvalue weighted by Gasteiger charge is -2.26. The van der Waals surface area contributed by atoms with E-state index in [4.69, 9.17) is 0 Å². The summed E-state index contributed by atoms with van der Waals surface area (Å²) in [7, 11) is 0. The van der Waals surface area contributed by atoms with Gasteiger partial charge in [-0.3, -0.25) is 0 Å². The van der Waals surface area contributed by atoms with E-state index in [1.165, 1.54) is 75.6 Å². The average Bonchev–Trinajstić information content (AvgIpc) is 2.60. The quantitative estimate of drug-likeness (QED) is 0.395. The Morgan fingerprint density at radius 3 is 2.38 bits per heavy atom. The summed E-state index contributed by atoms with van der Waals surface area (Å²) in [6.45, 7) is 2.24. The SMILES string of the molecule is CCCCCC1CCC(C=CC#Cc2ccc(OC(F)(F)F)cc2)CC1. The highest BCUT2D eigenvalue weighted by atomic mass is 19.4. The van der Waals surface area contributed by atoms with Gasteiger partial charge >= 0.3 is 6.36 Å². The number of benzene rings is 1. The van der Waals surface area contributed by atoms with Crippen LogP contribution in [0.2, 0.25) is 0 Å². The van der Waals surface area contributed by atoms with Gasteiger partial charge in [0.2, 0.25) is 0 Å². The molecule has 1 fully saturated rings. The molecule has 26 heavy (non-hydrogen) atoms. The van der Waals surface area contributed by atoms with E-state index in [2.05, 4.69) is 29.6 Å². The van der Waals surface area contributed by atoms with Gasteiger partial charge in [-0.25, -0.2) is 0 Å². The monoisotopic (exact) mass is 364 g/mol. The number of unbranched alkanes of at least 4 members (excludes halogenated alkanes) is 2. The van der Waals surface area contributed by atoms with E-state index in [-0.39, 0.29) is 5.75 Å². The Morgan fingerprint density at radius 1 is 1.08 bits per heavy atom. The van der Waals surface area contributed by atoms with Gasteiger partial charge in [0.05, 0.1) is 0 Å². The van der Waals surface area contributed by atoms with E-state index in [0.717, 1.165) is 5.92 Å². The Labute approximate surface area is 154 Å². The predicted octanol–water partition coefficient (Wildman–Crippen LogP) is 6.88. The molecule has 0 saturated heterocycles. The molecule has 0 atom stereocenters. The minimum absolute atomic E-state index is 0.228. The van der Waals surface area contributed by atoms with E-state index in [0.29, 0.717) is 11.5 Å². The van der Waals surface area contributed by atoms with Gasteiger partial charge in [0.15, 0.2) is 0 Å². The van der Waals surface area contributed by atoms with Crippen LogP contribution in [0.5, 0.6) is 5.75 Å². The summed E-state index contributed by atoms with van der Waals surface area (Å²) >= 11 is 0. The molecule has 0 radical (unpaired) electrons. The molecule has 0 unspecified atom stereocenters. The van der Waals surface area contributed by atoms with Crippen molar-refractivity contribution >= 4 is 0 Å². The molecule has 1 aliphatic rings. The maximum absolute atomic E-state index is 12.1. The van der Waals surface area contributed by atoms with Crippen LogP contribution in [-0.4, -0.2) is 6.36 Å². The molecule has 0 spiro atoms. The van der Waals surface area contributed by atoms with Crippen LogP contribution in [0, 0.1) is 23.7 Å². The van der Waals surface area contributed by atoms with Gasteiger partial charge < -0.3 is 4.74 Å². The molecule has 142 valence electrons. The van der Waals surface area contributed by atoms with Crippen molar-refractivity contribution in [1.29, 1.82) is 0 Å². The maximum Gasteiger partial charge on any atom is 0.573 e. The van der Waals surface area contributed by atoms with E-state index < -0.39 is 6.36 Å². The van der Waals surface area contributed by atoms with Crippen LogP contribution in [-0.2, 0) is 0 Å². The van der Waals surface area contributed by atoms with Crippen molar-refractivity contribution in [2.45, 2.75) is 64.7 Å². The second-order valence-electron chi connectivity index (χ2n) is 6.98. The summed E-state index contributed by atoms with van der Waals surface area (Å²) < 4.78 is 40.2. The number of halogens is 3. The lowest BCUT2D eigenvalue weighted by Crippen LogP contribution is -2.16. The van der Waals surface area contributed by atoms with Crippen LogP contribution < -0.4 is 4.74 Å². The smallest absolute Gasteiger partial charge is 0.406 e. The molecule has 1 nitrogen and oxygen atoms in total. The lowest BCUT2D eigenvalue weighted by atomic mass is 9.79. The van der Waals surface area contributed by atoms with Gasteiger partial charge in [-0.1, -0.05) is 50.5 Å². The average molecular weight is 364 g/mol. The molecular formula is C22H27F3O. The second kappa shape index (κ2) is 10.3. The highest BCUT2D eigenvalue weighted by Gasteiger charge is 2.30. The Bertz CT molecular complexity index is 612. The molecule has 0 N–H and O–H groups in total. The van der Waals surface area contributed by atoms with Crippen molar-refractivity contribution < 1.29 is 17.9 Å². The van der Waals surface area contributed by atoms with Gasteiger partial charge in [0.25, 0.3) is 0 Å². The minimum Gasteiger partial charge on any atom is -0.406 e. The first kappa shape index (κ1) is 20.4. The first-order valence-electron chi connectivity index (χ1n) is 9.50. The summed E-state index contributed by atoms with van der Waals surface area (Å²) in [5, 5.41) is 0. The molecule has 1 saturated carbocycles. The standard InChI is InChI=1S/C22H27F3O/c1-2-3-4-7-18-10-12-19(13-11-18)8-5-6-9-20-14-16-21(17-15-20)26-22(23,24)25/h5,8,14-19H,2-4,7,10-13H2,1H3. The molecule has 1 aliphatic carbocycles. The van der Waals surface area contributed by atoms with E-state index in [1.807, 2.05) is 6.08 Å². The normalized spacial score (nSPS) is 20.6. The molecule has 0 bridgehead atoms. The predicted molar refractivity (Wildman–Crippen MR) is 98.7 cm³/mol. The van der Waals surface area contributed by atoms with Crippen molar-refractivity contribution in [3.8, 4) is 17.6 Å². The van der Waals surface area contributed by atoms with Crippen LogP contribution in [0.15, 0.2) is 36.4 Å². The van der Waals surface area contributed by atoms with Crippen molar-refractivity contribution in [2.75, 3.05) is 0 Å². The topological polar surface area (TPSA) is 9.23 Å². The molecule has 0 heterocycles.